The van der Waals surface area contributed by atoms with Crippen LogP contribution in [0.3, 0.4) is 0 Å². The van der Waals surface area contributed by atoms with Crippen molar-refractivity contribution in [3.05, 3.63) is 239 Å². The molecule has 0 bridgehead atoms. The van der Waals surface area contributed by atoms with E-state index >= 15 is 0 Å². The van der Waals surface area contributed by atoms with Crippen LogP contribution in [0, 0.1) is 0 Å². The first-order chi connectivity index (χ1) is 31.2. The maximum absolute atomic E-state index is 12.6. The molecule has 0 spiro atoms. The molecule has 4 nitrogen and oxygen atoms in total. The number of fused-ring (bicyclic) bond motifs is 12. The van der Waals surface area contributed by atoms with Gasteiger partial charge in [0.25, 0.3) is 0 Å². The third kappa shape index (κ3) is 5.96. The predicted molar refractivity (Wildman–Crippen MR) is 255 cm³/mol. The Bertz CT molecular complexity index is 2570. The average molecular weight is 833 g/mol. The molecule has 0 heterocycles. The minimum atomic E-state index is -0.794. The van der Waals surface area contributed by atoms with Crippen molar-refractivity contribution in [2.75, 3.05) is 0 Å². The van der Waals surface area contributed by atoms with Crippen LogP contribution in [0.25, 0.3) is 44.5 Å². The summed E-state index contributed by atoms with van der Waals surface area (Å²) < 4.78 is 12.8. The van der Waals surface area contributed by atoms with Crippen molar-refractivity contribution in [2.24, 2.45) is 0 Å². The molecular formula is C60H48O4. The Labute approximate surface area is 375 Å². The van der Waals surface area contributed by atoms with E-state index in [1.54, 1.807) is 0 Å². The highest BCUT2D eigenvalue weighted by atomic mass is 16.6. The molecule has 0 N–H and O–H groups in total. The largest absolute Gasteiger partial charge is 0.458 e. The van der Waals surface area contributed by atoms with E-state index in [1.807, 2.05) is 0 Å². The monoisotopic (exact) mass is 832 g/mol. The molecule has 4 aliphatic carbocycles. The molecule has 64 heavy (non-hydrogen) atoms. The van der Waals surface area contributed by atoms with Gasteiger partial charge in [0.1, 0.15) is 11.2 Å². The summed E-state index contributed by atoms with van der Waals surface area (Å²) in [6.07, 6.45) is 0. The van der Waals surface area contributed by atoms with E-state index in [-0.39, 0.29) is 35.6 Å². The summed E-state index contributed by atoms with van der Waals surface area (Å²) in [5.74, 6) is -0.774. The zero-order valence-electron chi connectivity index (χ0n) is 36.4. The lowest BCUT2D eigenvalue weighted by Crippen LogP contribution is -2.43. The summed E-state index contributed by atoms with van der Waals surface area (Å²) in [6, 6.07) is 68.3. The maximum atomic E-state index is 12.6. The lowest BCUT2D eigenvalue weighted by molar-refractivity contribution is -0.159. The number of benzene rings is 8. The van der Waals surface area contributed by atoms with Gasteiger partial charge in [0.15, 0.2) is 0 Å². The Morgan fingerprint density at radius 1 is 0.297 bits per heavy atom. The highest BCUT2D eigenvalue weighted by Gasteiger charge is 2.55. The normalized spacial score (nSPS) is 14.4. The molecular weight excluding hydrogens is 785 g/mol. The zero-order chi connectivity index (χ0) is 43.7. The number of ether oxygens (including phenoxy) is 2. The van der Waals surface area contributed by atoms with Crippen LogP contribution in [0.1, 0.15) is 95.9 Å². The molecule has 0 aromatic heterocycles. The molecule has 0 amide bonds. The second-order valence-electron chi connectivity index (χ2n) is 18.0. The molecule has 8 aromatic carbocycles. The van der Waals surface area contributed by atoms with Gasteiger partial charge in [-0.15, -0.1) is 0 Å². The van der Waals surface area contributed by atoms with Crippen molar-refractivity contribution in [1.82, 2.24) is 0 Å². The van der Waals surface area contributed by atoms with E-state index in [2.05, 4.69) is 208 Å². The summed E-state index contributed by atoms with van der Waals surface area (Å²) in [5.41, 5.74) is 18.0. The van der Waals surface area contributed by atoms with E-state index < -0.39 is 11.2 Å². The third-order valence-electron chi connectivity index (χ3n) is 14.4. The van der Waals surface area contributed by atoms with Crippen molar-refractivity contribution in [1.29, 1.82) is 0 Å². The Morgan fingerprint density at radius 3 is 0.578 bits per heavy atom. The summed E-state index contributed by atoms with van der Waals surface area (Å²) in [6.45, 7) is 7.30. The zero-order valence-corrected chi connectivity index (χ0v) is 36.4. The van der Waals surface area contributed by atoms with Crippen molar-refractivity contribution in [2.45, 2.75) is 62.6 Å². The van der Waals surface area contributed by atoms with Gasteiger partial charge < -0.3 is 9.47 Å². The van der Waals surface area contributed by atoms with Crippen LogP contribution in [-0.2, 0) is 19.1 Å². The lowest BCUT2D eigenvalue weighted by atomic mass is 9.70. The molecule has 12 rings (SSSR count). The molecule has 4 aliphatic rings. The Balaban J connectivity index is 0.000000143. The molecule has 312 valence electrons. The fourth-order valence-electron chi connectivity index (χ4n) is 12.3. The van der Waals surface area contributed by atoms with Gasteiger partial charge in [0, 0.05) is 13.8 Å². The smallest absolute Gasteiger partial charge is 0.303 e. The van der Waals surface area contributed by atoms with Gasteiger partial charge in [0.05, 0.1) is 23.7 Å². The van der Waals surface area contributed by atoms with E-state index in [4.69, 9.17) is 9.47 Å². The van der Waals surface area contributed by atoms with Crippen molar-refractivity contribution in [3.63, 3.8) is 0 Å². The molecule has 8 aromatic rings. The number of carbonyl (C=O) groups excluding carboxylic acids is 2. The van der Waals surface area contributed by atoms with Gasteiger partial charge in [-0.2, -0.15) is 0 Å². The van der Waals surface area contributed by atoms with Crippen molar-refractivity contribution in [3.8, 4) is 44.5 Å². The minimum absolute atomic E-state index is 0.0667. The molecule has 4 heteroatoms. The molecule has 0 fully saturated rings. The quantitative estimate of drug-likeness (QED) is 0.157. The maximum Gasteiger partial charge on any atom is 0.303 e. The van der Waals surface area contributed by atoms with Crippen LogP contribution in [0.2, 0.25) is 0 Å². The van der Waals surface area contributed by atoms with Crippen LogP contribution in [0.4, 0.5) is 0 Å². The number of esters is 2. The summed E-state index contributed by atoms with van der Waals surface area (Å²) in [7, 11) is 0. The van der Waals surface area contributed by atoms with Crippen LogP contribution < -0.4 is 0 Å². The van der Waals surface area contributed by atoms with Gasteiger partial charge in [0.2, 0.25) is 0 Å². The second kappa shape index (κ2) is 15.2. The minimum Gasteiger partial charge on any atom is -0.458 e. The second-order valence-corrected chi connectivity index (χ2v) is 18.0. The standard InChI is InChI=1S/2C30H24O2/c2*1-19(31)32-30(2,28-24-15-7-3-11-20(24)21-12-4-8-16-25(21)28)29-26-17-9-5-13-22(26)23-14-6-10-18-27(23)29/h2*3-18,28-29H,1-2H3. The van der Waals surface area contributed by atoms with Gasteiger partial charge in [-0.3, -0.25) is 9.59 Å². The number of hydrogen-bond acceptors (Lipinski definition) is 4. The lowest BCUT2D eigenvalue weighted by Gasteiger charge is -2.41. The number of carbonyl (C=O) groups is 2. The Hall–Kier alpha value is -7.30. The highest BCUT2D eigenvalue weighted by Crippen LogP contribution is 2.61. The summed E-state index contributed by atoms with van der Waals surface area (Å²) in [4.78, 5) is 25.2. The first kappa shape index (κ1) is 39.5. The van der Waals surface area contributed by atoms with Gasteiger partial charge in [-0.25, -0.2) is 0 Å². The molecule has 0 radical (unpaired) electrons. The van der Waals surface area contributed by atoms with Crippen LogP contribution in [0.5, 0.6) is 0 Å². The van der Waals surface area contributed by atoms with Crippen molar-refractivity contribution >= 4 is 11.9 Å². The van der Waals surface area contributed by atoms with Gasteiger partial charge >= 0.3 is 11.9 Å². The summed E-state index contributed by atoms with van der Waals surface area (Å²) >= 11 is 0. The van der Waals surface area contributed by atoms with E-state index in [1.165, 1.54) is 103 Å². The molecule has 0 atom stereocenters. The fraction of sp³-hybridized carbons (Fsp3) is 0.167. The van der Waals surface area contributed by atoms with E-state index in [9.17, 15) is 9.59 Å². The third-order valence-corrected chi connectivity index (χ3v) is 14.4. The molecule has 0 saturated heterocycles. The molecule has 0 saturated carbocycles. The number of hydrogen-bond donors (Lipinski definition) is 0. The Kier molecular flexibility index (Phi) is 9.39. The van der Waals surface area contributed by atoms with Crippen LogP contribution in [-0.4, -0.2) is 23.1 Å². The fourth-order valence-corrected chi connectivity index (χ4v) is 12.3. The SMILES string of the molecule is CC(=O)OC(C)(C1c2ccccc2-c2ccccc21)C1c2ccccc2-c2ccccc21.CC(=O)OC(C)(C1c2ccccc2-c2ccccc21)C1c2ccccc2-c2ccccc21. The topological polar surface area (TPSA) is 52.6 Å². The Morgan fingerprint density at radius 2 is 0.438 bits per heavy atom. The van der Waals surface area contributed by atoms with Crippen LogP contribution in [0.15, 0.2) is 194 Å². The van der Waals surface area contributed by atoms with E-state index in [0.717, 1.165) is 0 Å². The summed E-state index contributed by atoms with van der Waals surface area (Å²) in [5, 5.41) is 0. The average Bonchev–Trinajstić information content (AvgIpc) is 4.05. The van der Waals surface area contributed by atoms with Gasteiger partial charge in [-0.1, -0.05) is 194 Å². The first-order valence-corrected chi connectivity index (χ1v) is 22.3. The number of rotatable bonds is 6. The molecule has 0 unspecified atom stereocenters. The highest BCUT2D eigenvalue weighted by molar-refractivity contribution is 5.85. The van der Waals surface area contributed by atoms with E-state index in [0.29, 0.717) is 0 Å². The predicted octanol–water partition coefficient (Wildman–Crippen LogP) is 13.9. The van der Waals surface area contributed by atoms with Crippen LogP contribution >= 0.6 is 0 Å². The first-order valence-electron chi connectivity index (χ1n) is 22.3. The van der Waals surface area contributed by atoms with Crippen molar-refractivity contribution < 1.29 is 19.1 Å². The van der Waals surface area contributed by atoms with Gasteiger partial charge in [-0.05, 0) is 103 Å². The molecule has 0 aliphatic heterocycles.